The Morgan fingerprint density at radius 2 is 1.90 bits per heavy atom. The molecule has 1 aliphatic heterocycles. The highest BCUT2D eigenvalue weighted by Crippen LogP contribution is 2.30. The maximum absolute atomic E-state index is 13.2. The van der Waals surface area contributed by atoms with Crippen LogP contribution in [0.4, 0.5) is 5.69 Å². The summed E-state index contributed by atoms with van der Waals surface area (Å²) in [5.74, 6) is -0.603. The average molecular weight is 439 g/mol. The predicted octanol–water partition coefficient (Wildman–Crippen LogP) is 4.81. The van der Waals surface area contributed by atoms with Crippen molar-refractivity contribution in [2.45, 2.75) is 17.9 Å². The number of carbonyl (C=O) groups excluding carboxylic acids is 2. The molecule has 3 aromatic rings. The van der Waals surface area contributed by atoms with Gasteiger partial charge in [0, 0.05) is 35.2 Å². The number of hydrogen-bond acceptors (Lipinski definition) is 6. The highest BCUT2D eigenvalue weighted by molar-refractivity contribution is 7.98. The first kappa shape index (κ1) is 20.3. The second-order valence-corrected chi connectivity index (χ2v) is 8.71. The Balaban J connectivity index is 1.67. The number of ketones is 1. The summed E-state index contributed by atoms with van der Waals surface area (Å²) in [7, 11) is 0. The van der Waals surface area contributed by atoms with Crippen molar-refractivity contribution in [1.82, 2.24) is 4.90 Å². The van der Waals surface area contributed by atoms with Gasteiger partial charge in [0.05, 0.1) is 15.4 Å². The number of thiophene rings is 1. The first-order valence-corrected chi connectivity index (χ1v) is 11.4. The minimum Gasteiger partial charge on any atom is -0.334 e. The molecule has 1 aliphatic rings. The van der Waals surface area contributed by atoms with E-state index in [-0.39, 0.29) is 22.7 Å². The summed E-state index contributed by atoms with van der Waals surface area (Å²) in [5, 5.41) is 13.4. The van der Waals surface area contributed by atoms with E-state index in [4.69, 9.17) is 0 Å². The molecule has 0 fully saturated rings. The molecule has 1 amide bonds. The van der Waals surface area contributed by atoms with Crippen LogP contribution in [0.15, 0.2) is 58.8 Å². The van der Waals surface area contributed by atoms with Gasteiger partial charge in [-0.25, -0.2) is 0 Å². The smallest absolute Gasteiger partial charge is 0.283 e. The first-order valence-electron chi connectivity index (χ1n) is 9.30. The van der Waals surface area contributed by atoms with Gasteiger partial charge in [-0.3, -0.25) is 19.7 Å². The average Bonchev–Trinajstić information content (AvgIpc) is 3.25. The van der Waals surface area contributed by atoms with Crippen LogP contribution in [0.5, 0.6) is 0 Å². The lowest BCUT2D eigenvalue weighted by molar-refractivity contribution is -0.387. The van der Waals surface area contributed by atoms with Crippen molar-refractivity contribution in [2.75, 3.05) is 12.8 Å². The number of benzene rings is 2. The van der Waals surface area contributed by atoms with Gasteiger partial charge >= 0.3 is 0 Å². The quantitative estimate of drug-likeness (QED) is 0.247. The number of fused-ring (bicyclic) bond motifs is 1. The fourth-order valence-corrected chi connectivity index (χ4v) is 5.03. The van der Waals surface area contributed by atoms with Crippen LogP contribution in [-0.2, 0) is 13.0 Å². The Morgan fingerprint density at radius 3 is 2.63 bits per heavy atom. The minimum atomic E-state index is -0.494. The summed E-state index contributed by atoms with van der Waals surface area (Å²) in [5.41, 5.74) is 1.80. The molecule has 4 rings (SSSR count). The summed E-state index contributed by atoms with van der Waals surface area (Å²) in [6.45, 7) is 1.12. The lowest BCUT2D eigenvalue weighted by Crippen LogP contribution is -2.36. The molecule has 8 heteroatoms. The number of nitro benzene ring substituents is 1. The highest BCUT2D eigenvalue weighted by Gasteiger charge is 2.27. The summed E-state index contributed by atoms with van der Waals surface area (Å²) >= 11 is 2.95. The largest absolute Gasteiger partial charge is 0.334 e. The van der Waals surface area contributed by atoms with Gasteiger partial charge in [-0.15, -0.1) is 23.1 Å². The molecule has 0 bridgehead atoms. The number of thioether (sulfide) groups is 1. The number of amides is 1. The van der Waals surface area contributed by atoms with Crippen LogP contribution in [0.3, 0.4) is 0 Å². The Morgan fingerprint density at radius 1 is 1.13 bits per heavy atom. The molecule has 0 unspecified atom stereocenters. The van der Waals surface area contributed by atoms with E-state index in [9.17, 15) is 19.7 Å². The molecular weight excluding hydrogens is 420 g/mol. The van der Waals surface area contributed by atoms with Crippen LogP contribution in [-0.4, -0.2) is 34.3 Å². The lowest BCUT2D eigenvalue weighted by Gasteiger charge is -2.27. The Kier molecular flexibility index (Phi) is 5.69. The maximum Gasteiger partial charge on any atom is 0.283 e. The molecule has 0 saturated heterocycles. The van der Waals surface area contributed by atoms with E-state index in [1.54, 1.807) is 58.9 Å². The van der Waals surface area contributed by atoms with Crippen LogP contribution < -0.4 is 0 Å². The van der Waals surface area contributed by atoms with Crippen molar-refractivity contribution in [1.29, 1.82) is 0 Å². The Bertz CT molecular complexity index is 1160. The fourth-order valence-electron chi connectivity index (χ4n) is 3.59. The van der Waals surface area contributed by atoms with E-state index in [2.05, 4.69) is 0 Å². The van der Waals surface area contributed by atoms with Gasteiger partial charge in [-0.2, -0.15) is 0 Å². The summed E-state index contributed by atoms with van der Waals surface area (Å²) < 4.78 is 0. The summed E-state index contributed by atoms with van der Waals surface area (Å²) in [6, 6.07) is 13.1. The Labute approximate surface area is 181 Å². The number of hydrogen-bond donors (Lipinski definition) is 0. The first-order chi connectivity index (χ1) is 14.5. The summed E-state index contributed by atoms with van der Waals surface area (Å²) in [6.07, 6.45) is 2.55. The molecule has 30 heavy (non-hydrogen) atoms. The van der Waals surface area contributed by atoms with Crippen molar-refractivity contribution in [2.24, 2.45) is 0 Å². The number of nitrogens with zero attached hydrogens (tertiary/aromatic N) is 2. The SMILES string of the molecule is CSc1ccc(C(=O)c2ccccc2C(=O)N2CCc3sccc3C2)cc1[N+](=O)[O-]. The minimum absolute atomic E-state index is 0.113. The monoisotopic (exact) mass is 438 g/mol. The molecule has 2 aromatic carbocycles. The molecular formula is C22H18N2O4S2. The number of rotatable bonds is 5. The normalized spacial score (nSPS) is 13.0. The third-order valence-electron chi connectivity index (χ3n) is 5.13. The van der Waals surface area contributed by atoms with E-state index in [1.165, 1.54) is 22.7 Å². The van der Waals surface area contributed by atoms with Gasteiger partial charge in [0.1, 0.15) is 0 Å². The lowest BCUT2D eigenvalue weighted by atomic mass is 9.96. The molecule has 0 aliphatic carbocycles. The van der Waals surface area contributed by atoms with Crippen LogP contribution in [0, 0.1) is 10.1 Å². The van der Waals surface area contributed by atoms with Crippen molar-refractivity contribution in [3.8, 4) is 0 Å². The molecule has 6 nitrogen and oxygen atoms in total. The molecule has 0 spiro atoms. The van der Waals surface area contributed by atoms with Gasteiger partial charge in [0.2, 0.25) is 0 Å². The van der Waals surface area contributed by atoms with E-state index in [0.29, 0.717) is 23.5 Å². The van der Waals surface area contributed by atoms with Crippen molar-refractivity contribution < 1.29 is 14.5 Å². The molecule has 2 heterocycles. The third kappa shape index (κ3) is 3.76. The van der Waals surface area contributed by atoms with Crippen molar-refractivity contribution in [3.05, 3.63) is 91.2 Å². The summed E-state index contributed by atoms with van der Waals surface area (Å²) in [4.78, 5) is 40.8. The van der Waals surface area contributed by atoms with Crippen LogP contribution in [0.25, 0.3) is 0 Å². The van der Waals surface area contributed by atoms with E-state index >= 15 is 0 Å². The van der Waals surface area contributed by atoms with E-state index in [0.717, 1.165) is 12.0 Å². The van der Waals surface area contributed by atoms with Crippen molar-refractivity contribution >= 4 is 40.5 Å². The topological polar surface area (TPSA) is 80.5 Å². The highest BCUT2D eigenvalue weighted by atomic mass is 32.2. The van der Waals surface area contributed by atoms with Crippen molar-refractivity contribution in [3.63, 3.8) is 0 Å². The molecule has 0 radical (unpaired) electrons. The van der Waals surface area contributed by atoms with Gasteiger partial charge in [-0.1, -0.05) is 18.2 Å². The molecule has 0 atom stereocenters. The van der Waals surface area contributed by atoms with E-state index in [1.807, 2.05) is 11.4 Å². The van der Waals surface area contributed by atoms with E-state index < -0.39 is 10.7 Å². The zero-order valence-electron chi connectivity index (χ0n) is 16.2. The van der Waals surface area contributed by atoms with Crippen LogP contribution in [0.1, 0.15) is 36.7 Å². The molecule has 0 N–H and O–H groups in total. The van der Waals surface area contributed by atoms with Gasteiger partial charge in [0.15, 0.2) is 5.78 Å². The van der Waals surface area contributed by atoms with Gasteiger partial charge in [-0.05, 0) is 47.9 Å². The Hall–Kier alpha value is -2.97. The zero-order valence-corrected chi connectivity index (χ0v) is 17.8. The molecule has 1 aromatic heterocycles. The number of carbonyl (C=O) groups is 2. The van der Waals surface area contributed by atoms with Crippen LogP contribution >= 0.6 is 23.1 Å². The van der Waals surface area contributed by atoms with Gasteiger partial charge in [0.25, 0.3) is 11.6 Å². The molecule has 152 valence electrons. The standard InChI is InChI=1S/C22H18N2O4S2/c1-29-20-7-6-14(12-18(20)24(27)28)21(25)16-4-2-3-5-17(16)22(26)23-10-8-19-15(13-23)9-11-30-19/h2-7,9,11-12H,8,10,13H2,1H3. The third-order valence-corrected chi connectivity index (χ3v) is 6.94. The number of nitro groups is 1. The zero-order chi connectivity index (χ0) is 21.3. The van der Waals surface area contributed by atoms with Crippen LogP contribution in [0.2, 0.25) is 0 Å². The maximum atomic E-state index is 13.2. The van der Waals surface area contributed by atoms with Gasteiger partial charge < -0.3 is 4.90 Å². The second-order valence-electron chi connectivity index (χ2n) is 6.86. The molecule has 0 saturated carbocycles. The fraction of sp³-hybridized carbons (Fsp3) is 0.182. The predicted molar refractivity (Wildman–Crippen MR) is 118 cm³/mol. The second kappa shape index (κ2) is 8.41.